The number of hydrogen-bond acceptors (Lipinski definition) is 3. The highest BCUT2D eigenvalue weighted by Gasteiger charge is 2.40. The molecule has 0 radical (unpaired) electrons. The summed E-state index contributed by atoms with van der Waals surface area (Å²) < 4.78 is 4.93. The van der Waals surface area contributed by atoms with E-state index in [-0.39, 0.29) is 5.97 Å². The van der Waals surface area contributed by atoms with Gasteiger partial charge in [-0.05, 0) is 38.0 Å². The Labute approximate surface area is 128 Å². The Balaban J connectivity index is 1.70. The van der Waals surface area contributed by atoms with E-state index < -0.39 is 0 Å². The van der Waals surface area contributed by atoms with Gasteiger partial charge in [-0.1, -0.05) is 12.8 Å². The molecule has 0 aromatic rings. The second-order valence-corrected chi connectivity index (χ2v) is 6.26. The van der Waals surface area contributed by atoms with Gasteiger partial charge in [-0.15, -0.1) is 0 Å². The first-order valence-electron chi connectivity index (χ1n) is 8.30. The number of likely N-dealkylation sites (tertiary alicyclic amines) is 1. The Morgan fingerprint density at radius 3 is 2.76 bits per heavy atom. The first-order chi connectivity index (χ1) is 10.2. The zero-order valence-electron chi connectivity index (χ0n) is 13.5. The van der Waals surface area contributed by atoms with E-state index in [0.29, 0.717) is 18.4 Å². The largest absolute Gasteiger partial charge is 0.466 e. The summed E-state index contributed by atoms with van der Waals surface area (Å²) in [5.74, 6) is 0.878. The van der Waals surface area contributed by atoms with Gasteiger partial charge in [-0.2, -0.15) is 0 Å². The van der Waals surface area contributed by atoms with Crippen LogP contribution < -0.4 is 5.32 Å². The van der Waals surface area contributed by atoms with Crippen molar-refractivity contribution in [2.45, 2.75) is 51.9 Å². The summed E-state index contributed by atoms with van der Waals surface area (Å²) in [6.45, 7) is 5.32. The maximum absolute atomic E-state index is 11.3. The second-order valence-electron chi connectivity index (χ2n) is 6.26. The smallest absolute Gasteiger partial charge is 0.305 e. The van der Waals surface area contributed by atoms with Crippen LogP contribution in [0.5, 0.6) is 0 Å². The predicted octanol–water partition coefficient (Wildman–Crippen LogP) is 2.17. The van der Waals surface area contributed by atoms with Crippen molar-refractivity contribution in [3.63, 3.8) is 0 Å². The SMILES string of the molecule is CCOC(=O)CCCNC(=NC)N1CCC2(CCCC2)C1. The van der Waals surface area contributed by atoms with Crippen LogP contribution in [0.25, 0.3) is 0 Å². The summed E-state index contributed by atoms with van der Waals surface area (Å²) in [5, 5.41) is 3.38. The number of carbonyl (C=O) groups excluding carboxylic acids is 1. The molecule has 2 aliphatic rings. The lowest BCUT2D eigenvalue weighted by molar-refractivity contribution is -0.143. The molecule has 1 saturated heterocycles. The van der Waals surface area contributed by atoms with E-state index in [4.69, 9.17) is 4.74 Å². The summed E-state index contributed by atoms with van der Waals surface area (Å²) in [7, 11) is 1.84. The summed E-state index contributed by atoms with van der Waals surface area (Å²) in [5.41, 5.74) is 0.558. The molecular weight excluding hydrogens is 266 g/mol. The normalized spacial score (nSPS) is 21.0. The number of nitrogens with zero attached hydrogens (tertiary/aromatic N) is 2. The first-order valence-corrected chi connectivity index (χ1v) is 8.30. The standard InChI is InChI=1S/C16H29N3O2/c1-3-21-14(20)7-6-11-18-15(17-2)19-12-10-16(13-19)8-4-5-9-16/h3-13H2,1-2H3,(H,17,18). The molecular formula is C16H29N3O2. The van der Waals surface area contributed by atoms with Crippen LogP contribution in [0.1, 0.15) is 51.9 Å². The molecule has 0 bridgehead atoms. The Bertz CT molecular complexity index is 376. The van der Waals surface area contributed by atoms with Gasteiger partial charge >= 0.3 is 5.97 Å². The molecule has 0 aromatic carbocycles. The van der Waals surface area contributed by atoms with E-state index in [1.807, 2.05) is 14.0 Å². The predicted molar refractivity (Wildman–Crippen MR) is 84.3 cm³/mol. The zero-order chi connectivity index (χ0) is 15.1. The lowest BCUT2D eigenvalue weighted by Crippen LogP contribution is -2.41. The first kappa shape index (κ1) is 16.1. The van der Waals surface area contributed by atoms with Crippen LogP contribution in [0, 0.1) is 5.41 Å². The molecule has 1 aliphatic carbocycles. The van der Waals surface area contributed by atoms with Crippen LogP contribution in [-0.4, -0.2) is 50.1 Å². The number of aliphatic imine (C=N–C) groups is 1. The summed E-state index contributed by atoms with van der Waals surface area (Å²) in [6.07, 6.45) is 8.10. The number of guanidine groups is 1. The van der Waals surface area contributed by atoms with Gasteiger partial charge in [0, 0.05) is 33.1 Å². The van der Waals surface area contributed by atoms with Crippen molar-refractivity contribution in [1.82, 2.24) is 10.2 Å². The van der Waals surface area contributed by atoms with Crippen LogP contribution in [-0.2, 0) is 9.53 Å². The van der Waals surface area contributed by atoms with Crippen LogP contribution in [0.2, 0.25) is 0 Å². The minimum atomic E-state index is -0.111. The quantitative estimate of drug-likeness (QED) is 0.365. The fraction of sp³-hybridized carbons (Fsp3) is 0.875. The maximum atomic E-state index is 11.3. The van der Waals surface area contributed by atoms with Gasteiger partial charge in [0.25, 0.3) is 0 Å². The Morgan fingerprint density at radius 1 is 1.33 bits per heavy atom. The third-order valence-corrected chi connectivity index (χ3v) is 4.76. The molecule has 5 heteroatoms. The number of nitrogens with one attached hydrogen (secondary N) is 1. The van der Waals surface area contributed by atoms with E-state index in [0.717, 1.165) is 32.0 Å². The van der Waals surface area contributed by atoms with E-state index in [1.165, 1.54) is 32.1 Å². The van der Waals surface area contributed by atoms with Gasteiger partial charge in [-0.3, -0.25) is 9.79 Å². The van der Waals surface area contributed by atoms with Gasteiger partial charge in [0.2, 0.25) is 0 Å². The lowest BCUT2D eigenvalue weighted by Gasteiger charge is -2.25. The number of rotatable bonds is 5. The van der Waals surface area contributed by atoms with Gasteiger partial charge in [0.1, 0.15) is 0 Å². The molecule has 2 rings (SSSR count). The average Bonchev–Trinajstić information content (AvgIpc) is 3.10. The van der Waals surface area contributed by atoms with Crippen molar-refractivity contribution in [1.29, 1.82) is 0 Å². The lowest BCUT2D eigenvalue weighted by atomic mass is 9.86. The average molecular weight is 295 g/mol. The molecule has 1 spiro atoms. The third-order valence-electron chi connectivity index (χ3n) is 4.76. The Kier molecular flexibility index (Phi) is 5.88. The monoisotopic (exact) mass is 295 g/mol. The van der Waals surface area contributed by atoms with Crippen molar-refractivity contribution >= 4 is 11.9 Å². The van der Waals surface area contributed by atoms with Crippen LogP contribution in [0.3, 0.4) is 0 Å². The summed E-state index contributed by atoms with van der Waals surface area (Å²) >= 11 is 0. The molecule has 21 heavy (non-hydrogen) atoms. The minimum Gasteiger partial charge on any atom is -0.466 e. The Hall–Kier alpha value is -1.26. The maximum Gasteiger partial charge on any atom is 0.305 e. The molecule has 1 heterocycles. The fourth-order valence-corrected chi connectivity index (χ4v) is 3.65. The topological polar surface area (TPSA) is 53.9 Å². The molecule has 1 N–H and O–H groups in total. The highest BCUT2D eigenvalue weighted by molar-refractivity contribution is 5.80. The van der Waals surface area contributed by atoms with Crippen molar-refractivity contribution in [2.24, 2.45) is 10.4 Å². The number of ether oxygens (including phenoxy) is 1. The van der Waals surface area contributed by atoms with Crippen LogP contribution >= 0.6 is 0 Å². The van der Waals surface area contributed by atoms with E-state index in [1.54, 1.807) is 0 Å². The zero-order valence-corrected chi connectivity index (χ0v) is 13.5. The summed E-state index contributed by atoms with van der Waals surface area (Å²) in [6, 6.07) is 0. The fourth-order valence-electron chi connectivity index (χ4n) is 3.65. The van der Waals surface area contributed by atoms with Crippen molar-refractivity contribution < 1.29 is 9.53 Å². The Morgan fingerprint density at radius 2 is 2.10 bits per heavy atom. The van der Waals surface area contributed by atoms with Crippen molar-refractivity contribution in [2.75, 3.05) is 33.3 Å². The van der Waals surface area contributed by atoms with E-state index in [9.17, 15) is 4.79 Å². The molecule has 1 saturated carbocycles. The highest BCUT2D eigenvalue weighted by atomic mass is 16.5. The highest BCUT2D eigenvalue weighted by Crippen LogP contribution is 2.45. The van der Waals surface area contributed by atoms with Gasteiger partial charge in [-0.25, -0.2) is 0 Å². The number of carbonyl (C=O) groups is 1. The molecule has 120 valence electrons. The molecule has 0 unspecified atom stereocenters. The number of esters is 1. The summed E-state index contributed by atoms with van der Waals surface area (Å²) in [4.78, 5) is 18.1. The molecule has 0 amide bonds. The van der Waals surface area contributed by atoms with E-state index in [2.05, 4.69) is 15.2 Å². The molecule has 2 fully saturated rings. The van der Waals surface area contributed by atoms with Gasteiger partial charge in [0.15, 0.2) is 5.96 Å². The molecule has 0 aromatic heterocycles. The minimum absolute atomic E-state index is 0.111. The number of hydrogen-bond donors (Lipinski definition) is 1. The van der Waals surface area contributed by atoms with Crippen molar-refractivity contribution in [3.8, 4) is 0 Å². The second kappa shape index (κ2) is 7.66. The van der Waals surface area contributed by atoms with Gasteiger partial charge in [0.05, 0.1) is 6.61 Å². The van der Waals surface area contributed by atoms with Gasteiger partial charge < -0.3 is 15.0 Å². The molecule has 1 aliphatic heterocycles. The molecule has 0 atom stereocenters. The van der Waals surface area contributed by atoms with Crippen molar-refractivity contribution in [3.05, 3.63) is 0 Å². The molecule has 5 nitrogen and oxygen atoms in total. The van der Waals surface area contributed by atoms with E-state index >= 15 is 0 Å². The van der Waals surface area contributed by atoms with Crippen LogP contribution in [0.15, 0.2) is 4.99 Å². The third kappa shape index (κ3) is 4.35. The van der Waals surface area contributed by atoms with Crippen LogP contribution in [0.4, 0.5) is 0 Å².